The van der Waals surface area contributed by atoms with Gasteiger partial charge in [-0.05, 0) is 55.7 Å². The van der Waals surface area contributed by atoms with Crippen molar-refractivity contribution < 1.29 is 19.6 Å². The minimum atomic E-state index is -0.301. The smallest absolute Gasteiger partial charge is 0.364 e. The highest BCUT2D eigenvalue weighted by Gasteiger charge is 2.44. The van der Waals surface area contributed by atoms with Gasteiger partial charge >= 0.3 is 5.97 Å². The van der Waals surface area contributed by atoms with Gasteiger partial charge in [0, 0.05) is 29.1 Å². The highest BCUT2D eigenvalue weighted by atomic mass is 35.5. The molecule has 0 spiro atoms. The number of halogens is 1. The predicted octanol–water partition coefficient (Wildman–Crippen LogP) is 3.07. The number of hydrogen-bond acceptors (Lipinski definition) is 3. The first-order valence-corrected chi connectivity index (χ1v) is 11.0. The fourth-order valence-electron chi connectivity index (χ4n) is 4.48. The van der Waals surface area contributed by atoms with Crippen LogP contribution in [0.25, 0.3) is 0 Å². The first-order valence-electron chi connectivity index (χ1n) is 10.6. The molecule has 0 fully saturated rings. The van der Waals surface area contributed by atoms with Crippen molar-refractivity contribution in [2.45, 2.75) is 64.6 Å². The van der Waals surface area contributed by atoms with Crippen LogP contribution in [0.1, 0.15) is 51.5 Å². The Balaban J connectivity index is 1.80. The lowest BCUT2D eigenvalue weighted by Gasteiger charge is -2.28. The Hall–Kier alpha value is -1.85. The molecule has 5 nitrogen and oxygen atoms in total. The van der Waals surface area contributed by atoms with Crippen molar-refractivity contribution in [1.29, 1.82) is 0 Å². The van der Waals surface area contributed by atoms with E-state index in [1.807, 2.05) is 29.2 Å². The van der Waals surface area contributed by atoms with Gasteiger partial charge in [0.25, 0.3) is 5.91 Å². The highest BCUT2D eigenvalue weighted by Crippen LogP contribution is 2.34. The van der Waals surface area contributed by atoms with Gasteiger partial charge in [-0.15, -0.1) is 0 Å². The summed E-state index contributed by atoms with van der Waals surface area (Å²) < 4.78 is 5.06. The Morgan fingerprint density at radius 1 is 1.24 bits per heavy atom. The Bertz CT molecular complexity index is 773. The number of carbonyl (C=O) groups excluding carboxylic acids is 2. The van der Waals surface area contributed by atoms with Gasteiger partial charge < -0.3 is 10.1 Å². The van der Waals surface area contributed by atoms with Crippen LogP contribution >= 0.6 is 11.6 Å². The molecule has 3 rings (SSSR count). The zero-order chi connectivity index (χ0) is 21.0. The van der Waals surface area contributed by atoms with Crippen molar-refractivity contribution in [2.24, 2.45) is 5.92 Å². The van der Waals surface area contributed by atoms with E-state index in [0.717, 1.165) is 49.7 Å². The molecule has 1 amide bonds. The van der Waals surface area contributed by atoms with Gasteiger partial charge in [0.15, 0.2) is 12.2 Å². The fourth-order valence-corrected chi connectivity index (χ4v) is 4.61. The first kappa shape index (κ1) is 21.8. The normalized spacial score (nSPS) is 20.2. The highest BCUT2D eigenvalue weighted by molar-refractivity contribution is 6.30. The molecule has 1 aromatic rings. The third-order valence-corrected chi connectivity index (χ3v) is 6.17. The summed E-state index contributed by atoms with van der Waals surface area (Å²) >= 11 is 5.99. The van der Waals surface area contributed by atoms with Gasteiger partial charge in [-0.2, -0.15) is 0 Å². The summed E-state index contributed by atoms with van der Waals surface area (Å²) in [4.78, 5) is 27.5. The van der Waals surface area contributed by atoms with Crippen molar-refractivity contribution in [1.82, 2.24) is 4.90 Å². The Morgan fingerprint density at radius 2 is 1.93 bits per heavy atom. The molecule has 1 aliphatic heterocycles. The van der Waals surface area contributed by atoms with Crippen molar-refractivity contribution in [3.8, 4) is 0 Å². The molecular weight excluding hydrogens is 388 g/mol. The monoisotopic (exact) mass is 419 g/mol. The van der Waals surface area contributed by atoms with Crippen molar-refractivity contribution in [2.75, 3.05) is 13.7 Å². The van der Waals surface area contributed by atoms with Crippen LogP contribution in [0, 0.1) is 5.92 Å². The summed E-state index contributed by atoms with van der Waals surface area (Å²) in [7, 11) is 1.44. The van der Waals surface area contributed by atoms with Crippen LogP contribution in [0.4, 0.5) is 0 Å². The van der Waals surface area contributed by atoms with Gasteiger partial charge in [0.2, 0.25) is 0 Å². The van der Waals surface area contributed by atoms with E-state index in [9.17, 15) is 9.59 Å². The lowest BCUT2D eigenvalue weighted by molar-refractivity contribution is -0.718. The quantitative estimate of drug-likeness (QED) is 0.658. The molecule has 0 unspecified atom stereocenters. The number of nitrogens with zero attached hydrogens (tertiary/aromatic N) is 1. The summed E-state index contributed by atoms with van der Waals surface area (Å²) in [5.41, 5.74) is 3.34. The van der Waals surface area contributed by atoms with Crippen LogP contribution in [0.3, 0.4) is 0 Å². The second kappa shape index (κ2) is 9.77. The number of methoxy groups -OCH3 is 1. The first-order chi connectivity index (χ1) is 13.9. The molecule has 0 bridgehead atoms. The van der Waals surface area contributed by atoms with Crippen LogP contribution < -0.4 is 5.32 Å². The number of esters is 1. The maximum atomic E-state index is 13.2. The number of benzene rings is 1. The maximum Gasteiger partial charge on any atom is 0.364 e. The number of carbonyl (C=O) groups is 2. The van der Waals surface area contributed by atoms with Crippen LogP contribution in [0.15, 0.2) is 35.4 Å². The number of quaternary nitrogens is 1. The number of amides is 1. The lowest BCUT2D eigenvalue weighted by Crippen LogP contribution is -2.99. The lowest BCUT2D eigenvalue weighted by atomic mass is 9.92. The summed E-state index contributed by atoms with van der Waals surface area (Å²) in [6.45, 7) is 4.84. The molecule has 0 saturated carbocycles. The van der Waals surface area contributed by atoms with E-state index >= 15 is 0 Å². The molecule has 6 heteroatoms. The molecule has 158 valence electrons. The van der Waals surface area contributed by atoms with Crippen LogP contribution in [0.5, 0.6) is 0 Å². The summed E-state index contributed by atoms with van der Waals surface area (Å²) in [6, 6.07) is 7.47. The standard InChI is InChI=1S/C23H31ClN2O3/c1-15(2)14-20(23(28)29-3)25-21-18-6-4-5-7-19(18)22(27)26(21)13-12-16-8-10-17(24)11-9-16/h8-11,15,20-21,25H,4-7,12-14H2,1-3H3/p+1/t20-,21-/m1/s1. The molecular formula is C23H32ClN2O3+. The zero-order valence-corrected chi connectivity index (χ0v) is 18.4. The van der Waals surface area contributed by atoms with E-state index in [1.54, 1.807) is 0 Å². The zero-order valence-electron chi connectivity index (χ0n) is 17.6. The summed E-state index contributed by atoms with van der Waals surface area (Å²) in [6.07, 6.45) is 5.35. The molecule has 1 aromatic carbocycles. The number of ether oxygens (including phenoxy) is 1. The largest absolute Gasteiger partial charge is 0.465 e. The maximum absolute atomic E-state index is 13.2. The second-order valence-corrected chi connectivity index (χ2v) is 8.92. The summed E-state index contributed by atoms with van der Waals surface area (Å²) in [5, 5.41) is 2.78. The second-order valence-electron chi connectivity index (χ2n) is 8.48. The van der Waals surface area contributed by atoms with Crippen LogP contribution in [-0.4, -0.2) is 42.6 Å². The minimum Gasteiger partial charge on any atom is -0.465 e. The Morgan fingerprint density at radius 3 is 2.59 bits per heavy atom. The Labute approximate surface area is 178 Å². The van der Waals surface area contributed by atoms with Gasteiger partial charge in [-0.1, -0.05) is 37.6 Å². The van der Waals surface area contributed by atoms with Crippen molar-refractivity contribution in [3.05, 3.63) is 46.0 Å². The van der Waals surface area contributed by atoms with E-state index < -0.39 is 0 Å². The molecule has 1 aliphatic carbocycles. The van der Waals surface area contributed by atoms with E-state index in [4.69, 9.17) is 16.3 Å². The van der Waals surface area contributed by atoms with E-state index in [1.165, 1.54) is 12.7 Å². The molecule has 1 heterocycles. The average Bonchev–Trinajstić information content (AvgIpc) is 2.98. The minimum absolute atomic E-state index is 0.104. The molecule has 2 atom stereocenters. The van der Waals surface area contributed by atoms with Gasteiger partial charge in [0.05, 0.1) is 7.11 Å². The van der Waals surface area contributed by atoms with Crippen molar-refractivity contribution in [3.63, 3.8) is 0 Å². The summed E-state index contributed by atoms with van der Waals surface area (Å²) in [5.74, 6) is 0.298. The van der Waals surface area contributed by atoms with E-state index in [-0.39, 0.29) is 24.1 Å². The SMILES string of the molecule is COC(=O)[C@@H](CC(C)C)[NH2+][C@H]1C2=C(CCCC2)C(=O)N1CCc1ccc(Cl)cc1. The fraction of sp³-hybridized carbons (Fsp3) is 0.565. The van der Waals surface area contributed by atoms with Crippen molar-refractivity contribution >= 4 is 23.5 Å². The van der Waals surface area contributed by atoms with Gasteiger partial charge in [0.1, 0.15) is 0 Å². The van der Waals surface area contributed by atoms with E-state index in [2.05, 4.69) is 19.2 Å². The third-order valence-electron chi connectivity index (χ3n) is 5.92. The molecule has 0 radical (unpaired) electrons. The Kier molecular flexibility index (Phi) is 7.36. The number of hydrogen-bond donors (Lipinski definition) is 1. The number of nitrogens with two attached hydrogens (primary N) is 1. The molecule has 0 aromatic heterocycles. The molecule has 29 heavy (non-hydrogen) atoms. The van der Waals surface area contributed by atoms with E-state index in [0.29, 0.717) is 17.5 Å². The molecule has 2 N–H and O–H groups in total. The van der Waals surface area contributed by atoms with Crippen LogP contribution in [-0.2, 0) is 20.7 Å². The number of rotatable bonds is 8. The average molecular weight is 420 g/mol. The molecule has 2 aliphatic rings. The van der Waals surface area contributed by atoms with Crippen LogP contribution in [0.2, 0.25) is 5.02 Å². The predicted molar refractivity (Wildman–Crippen MR) is 113 cm³/mol. The molecule has 0 saturated heterocycles. The third kappa shape index (κ3) is 5.20. The topological polar surface area (TPSA) is 63.2 Å². The van der Waals surface area contributed by atoms with Gasteiger partial charge in [-0.3, -0.25) is 9.69 Å². The van der Waals surface area contributed by atoms with Gasteiger partial charge in [-0.25, -0.2) is 4.79 Å².